The Bertz CT molecular complexity index is 741. The molecule has 0 atom stereocenters. The van der Waals surface area contributed by atoms with Crippen LogP contribution in [0.1, 0.15) is 18.1 Å². The molecule has 0 bridgehead atoms. The number of halogens is 2. The molecule has 0 aliphatic rings. The summed E-state index contributed by atoms with van der Waals surface area (Å²) in [4.78, 5) is 4.57. The maximum Gasteiger partial charge on any atom is 0.191 e. The molecule has 7 heteroatoms. The molecule has 2 aromatic carbocycles. The molecule has 2 N–H and O–H groups in total. The lowest BCUT2D eigenvalue weighted by Crippen LogP contribution is -2.38. The van der Waals surface area contributed by atoms with E-state index in [0.717, 1.165) is 12.1 Å². The summed E-state index contributed by atoms with van der Waals surface area (Å²) in [5, 5.41) is 6.43. The minimum atomic E-state index is -0.179. The number of aliphatic imine (C=N–C) groups is 1. The lowest BCUT2D eigenvalue weighted by Gasteiger charge is -2.12. The minimum Gasteiger partial charge on any atom is -0.493 e. The van der Waals surface area contributed by atoms with Crippen LogP contribution < -0.4 is 20.1 Å². The number of benzene rings is 2. The van der Waals surface area contributed by atoms with Crippen LogP contribution in [0.2, 0.25) is 0 Å². The normalized spacial score (nSPS) is 10.7. The molecular formula is C20H27FIN3O2. The number of guanidine groups is 1. The molecule has 2 rings (SSSR count). The quantitative estimate of drug-likeness (QED) is 0.339. The van der Waals surface area contributed by atoms with Gasteiger partial charge in [-0.1, -0.05) is 24.3 Å². The van der Waals surface area contributed by atoms with E-state index >= 15 is 0 Å². The van der Waals surface area contributed by atoms with Gasteiger partial charge in [-0.2, -0.15) is 0 Å². The van der Waals surface area contributed by atoms with Crippen LogP contribution in [0.5, 0.6) is 11.5 Å². The van der Waals surface area contributed by atoms with Crippen molar-refractivity contribution < 1.29 is 13.9 Å². The predicted molar refractivity (Wildman–Crippen MR) is 118 cm³/mol. The highest BCUT2D eigenvalue weighted by Crippen LogP contribution is 2.27. The number of ether oxygens (including phenoxy) is 2. The summed E-state index contributed by atoms with van der Waals surface area (Å²) in [7, 11) is 3.22. The fraction of sp³-hybridized carbons (Fsp3) is 0.350. The standard InChI is InChI=1S/C20H26FN3O2.HI/c1-4-22-20(23-12-11-16-7-5-6-8-17(16)21)24-14-15-9-10-18(25-2)19(13-15)26-3;/h5-10,13H,4,11-12,14H2,1-3H3,(H2,22,23,24);1H. The highest BCUT2D eigenvalue weighted by atomic mass is 127. The van der Waals surface area contributed by atoms with Crippen molar-refractivity contribution in [1.82, 2.24) is 10.6 Å². The summed E-state index contributed by atoms with van der Waals surface area (Å²) < 4.78 is 24.2. The minimum absolute atomic E-state index is 0. The van der Waals surface area contributed by atoms with E-state index in [2.05, 4.69) is 15.6 Å². The summed E-state index contributed by atoms with van der Waals surface area (Å²) in [5.74, 6) is 1.88. The summed E-state index contributed by atoms with van der Waals surface area (Å²) in [6.07, 6.45) is 0.591. The zero-order chi connectivity index (χ0) is 18.8. The number of hydrogen-bond acceptors (Lipinski definition) is 3. The van der Waals surface area contributed by atoms with Crippen molar-refractivity contribution in [2.45, 2.75) is 19.9 Å². The van der Waals surface area contributed by atoms with Gasteiger partial charge in [0.15, 0.2) is 17.5 Å². The molecule has 0 aliphatic carbocycles. The maximum atomic E-state index is 13.7. The topological polar surface area (TPSA) is 54.9 Å². The molecule has 2 aromatic rings. The Morgan fingerprint density at radius 3 is 2.44 bits per heavy atom. The van der Waals surface area contributed by atoms with Gasteiger partial charge in [-0.15, -0.1) is 24.0 Å². The summed E-state index contributed by atoms with van der Waals surface area (Å²) in [6.45, 7) is 3.84. The third kappa shape index (κ3) is 7.24. The van der Waals surface area contributed by atoms with Crippen molar-refractivity contribution in [3.05, 3.63) is 59.4 Å². The van der Waals surface area contributed by atoms with E-state index in [-0.39, 0.29) is 29.8 Å². The molecule has 5 nitrogen and oxygen atoms in total. The van der Waals surface area contributed by atoms with E-state index in [1.54, 1.807) is 26.4 Å². The summed E-state index contributed by atoms with van der Waals surface area (Å²) in [6, 6.07) is 12.5. The van der Waals surface area contributed by atoms with Crippen molar-refractivity contribution in [1.29, 1.82) is 0 Å². The lowest BCUT2D eigenvalue weighted by atomic mass is 10.1. The molecule has 148 valence electrons. The van der Waals surface area contributed by atoms with Gasteiger partial charge in [0.05, 0.1) is 20.8 Å². The maximum absolute atomic E-state index is 13.7. The van der Waals surface area contributed by atoms with Crippen LogP contribution in [-0.4, -0.2) is 33.3 Å². The number of hydrogen-bond donors (Lipinski definition) is 2. The average Bonchev–Trinajstić information content (AvgIpc) is 2.67. The third-order valence-electron chi connectivity index (χ3n) is 3.86. The van der Waals surface area contributed by atoms with Gasteiger partial charge in [0.1, 0.15) is 5.82 Å². The van der Waals surface area contributed by atoms with Crippen LogP contribution in [0.15, 0.2) is 47.5 Å². The first-order valence-corrected chi connectivity index (χ1v) is 8.64. The van der Waals surface area contributed by atoms with Crippen LogP contribution in [0.25, 0.3) is 0 Å². The van der Waals surface area contributed by atoms with Crippen molar-refractivity contribution in [2.24, 2.45) is 4.99 Å². The second kappa shape index (κ2) is 12.4. The lowest BCUT2D eigenvalue weighted by molar-refractivity contribution is 0.354. The van der Waals surface area contributed by atoms with Crippen molar-refractivity contribution in [2.75, 3.05) is 27.3 Å². The third-order valence-corrected chi connectivity index (χ3v) is 3.86. The van der Waals surface area contributed by atoms with Crippen molar-refractivity contribution in [3.63, 3.8) is 0 Å². The molecular weight excluding hydrogens is 460 g/mol. The van der Waals surface area contributed by atoms with Gasteiger partial charge in [0.25, 0.3) is 0 Å². The Morgan fingerprint density at radius 2 is 1.78 bits per heavy atom. The largest absolute Gasteiger partial charge is 0.493 e. The molecule has 0 amide bonds. The molecule has 0 saturated carbocycles. The van der Waals surface area contributed by atoms with E-state index < -0.39 is 0 Å². The van der Waals surface area contributed by atoms with Gasteiger partial charge in [0, 0.05) is 13.1 Å². The van der Waals surface area contributed by atoms with E-state index in [9.17, 15) is 4.39 Å². The SMILES string of the molecule is CCNC(=NCc1ccc(OC)c(OC)c1)NCCc1ccccc1F.I. The smallest absolute Gasteiger partial charge is 0.191 e. The molecule has 0 fully saturated rings. The van der Waals surface area contributed by atoms with Crippen LogP contribution in [-0.2, 0) is 13.0 Å². The first-order chi connectivity index (χ1) is 12.7. The highest BCUT2D eigenvalue weighted by Gasteiger charge is 2.05. The van der Waals surface area contributed by atoms with Gasteiger partial charge in [-0.25, -0.2) is 9.38 Å². The molecule has 0 saturated heterocycles. The molecule has 0 spiro atoms. The monoisotopic (exact) mass is 487 g/mol. The second-order valence-corrected chi connectivity index (χ2v) is 5.65. The Hall–Kier alpha value is -2.03. The van der Waals surface area contributed by atoms with Gasteiger partial charge in [-0.3, -0.25) is 0 Å². The fourth-order valence-corrected chi connectivity index (χ4v) is 2.51. The number of nitrogens with zero attached hydrogens (tertiary/aromatic N) is 1. The number of methoxy groups -OCH3 is 2. The molecule has 0 aliphatic heterocycles. The first kappa shape index (κ1) is 23.0. The molecule has 0 radical (unpaired) electrons. The zero-order valence-electron chi connectivity index (χ0n) is 15.9. The number of rotatable bonds is 8. The highest BCUT2D eigenvalue weighted by molar-refractivity contribution is 14.0. The zero-order valence-corrected chi connectivity index (χ0v) is 18.3. The Balaban J connectivity index is 0.00000364. The first-order valence-electron chi connectivity index (χ1n) is 8.64. The van der Waals surface area contributed by atoms with Gasteiger partial charge in [0.2, 0.25) is 0 Å². The summed E-state index contributed by atoms with van der Waals surface area (Å²) >= 11 is 0. The molecule has 27 heavy (non-hydrogen) atoms. The Morgan fingerprint density at radius 1 is 1.04 bits per heavy atom. The van der Waals surface area contributed by atoms with Crippen LogP contribution >= 0.6 is 24.0 Å². The number of nitrogens with one attached hydrogen (secondary N) is 2. The van der Waals surface area contributed by atoms with E-state index in [0.29, 0.717) is 42.5 Å². The average molecular weight is 487 g/mol. The molecule has 0 unspecified atom stereocenters. The van der Waals surface area contributed by atoms with Crippen molar-refractivity contribution >= 4 is 29.9 Å². The Labute approximate surface area is 177 Å². The fourth-order valence-electron chi connectivity index (χ4n) is 2.51. The summed E-state index contributed by atoms with van der Waals surface area (Å²) in [5.41, 5.74) is 1.70. The molecule has 0 heterocycles. The Kier molecular flexibility index (Phi) is 10.5. The van der Waals surface area contributed by atoms with Gasteiger partial charge >= 0.3 is 0 Å². The molecule has 0 aromatic heterocycles. The van der Waals surface area contributed by atoms with Crippen LogP contribution in [0, 0.1) is 5.82 Å². The van der Waals surface area contributed by atoms with E-state index in [4.69, 9.17) is 9.47 Å². The van der Waals surface area contributed by atoms with Gasteiger partial charge < -0.3 is 20.1 Å². The van der Waals surface area contributed by atoms with E-state index in [1.807, 2.05) is 31.2 Å². The van der Waals surface area contributed by atoms with Gasteiger partial charge in [-0.05, 0) is 42.7 Å². The van der Waals surface area contributed by atoms with Crippen LogP contribution in [0.3, 0.4) is 0 Å². The second-order valence-electron chi connectivity index (χ2n) is 5.65. The predicted octanol–water partition coefficient (Wildman–Crippen LogP) is 3.76. The van der Waals surface area contributed by atoms with Crippen molar-refractivity contribution in [3.8, 4) is 11.5 Å². The van der Waals surface area contributed by atoms with Crippen LogP contribution in [0.4, 0.5) is 4.39 Å². The van der Waals surface area contributed by atoms with E-state index in [1.165, 1.54) is 6.07 Å².